The normalized spacial score (nSPS) is 5.54. The van der Waals surface area contributed by atoms with Gasteiger partial charge in [-0.25, -0.2) is 0 Å². The Balaban J connectivity index is -0.0000000193. The standard InChI is InChI=1S/Al.Ce.Gd.12NO3.Y/c;;;12*2-1(3)4;/q3*+3;12*-1;+3. The smallest absolute Gasteiger partial charge is 0.356 e. The summed E-state index contributed by atoms with van der Waals surface area (Å²) < 4.78 is 0. The Hall–Kier alpha value is -5.26. The molecule has 0 bridgehead atoms. The Morgan fingerprint density at radius 3 is 0.192 bits per heavy atom. The maximum absolute atomic E-state index is 8.25. The molecule has 0 aromatic heterocycles. The number of rotatable bonds is 0. The van der Waals surface area contributed by atoms with E-state index in [4.69, 9.17) is 184 Å². The zero-order valence-corrected chi connectivity index (χ0v) is 31.5. The molecule has 0 aliphatic heterocycles. The van der Waals surface area contributed by atoms with Crippen LogP contribution in [0.2, 0.25) is 0 Å². The van der Waals surface area contributed by atoms with Crippen molar-refractivity contribution in [3.63, 3.8) is 0 Å². The van der Waals surface area contributed by atoms with Gasteiger partial charge in [0.2, 0.25) is 0 Å². The van der Waals surface area contributed by atoms with E-state index in [2.05, 4.69) is 0 Å². The Labute approximate surface area is 373 Å². The second-order valence-electron chi connectivity index (χ2n) is 2.68. The van der Waals surface area contributed by atoms with E-state index in [9.17, 15) is 0 Å². The maximum atomic E-state index is 8.25. The summed E-state index contributed by atoms with van der Waals surface area (Å²) in [7, 11) is 0. The van der Waals surface area contributed by atoms with Crippen molar-refractivity contribution in [1.82, 2.24) is 0 Å². The van der Waals surface area contributed by atoms with Gasteiger partial charge in [0, 0.05) is 0 Å². The van der Waals surface area contributed by atoms with Crippen LogP contribution in [0.3, 0.4) is 0 Å². The molecule has 2 radical (unpaired) electrons. The quantitative estimate of drug-likeness (QED) is 0.131. The largest absolute Gasteiger partial charge is 3.00 e. The molecule has 0 saturated carbocycles. The summed E-state index contributed by atoms with van der Waals surface area (Å²) in [5, 5.41) is 177. The predicted molar refractivity (Wildman–Crippen MR) is 130 cm³/mol. The van der Waals surface area contributed by atoms with Crippen LogP contribution in [0.4, 0.5) is 0 Å². The number of hydrogen-bond acceptors (Lipinski definition) is 36. The van der Waals surface area contributed by atoms with Gasteiger partial charge in [-0.15, -0.1) is 0 Å². The molecule has 0 saturated heterocycles. The molecular formula is AlCeGdN12O36Y. The van der Waals surface area contributed by atoms with Crippen LogP contribution in [0, 0.1) is 266 Å². The molecule has 0 amide bonds. The molecule has 0 N–H and O–H groups in total. The first-order valence-corrected chi connectivity index (χ1v) is 6.57. The van der Waals surface area contributed by atoms with Gasteiger partial charge in [0.1, 0.15) is 0 Å². The fourth-order valence-corrected chi connectivity index (χ4v) is 0. The first kappa shape index (κ1) is 103. The fourth-order valence-electron chi connectivity index (χ4n) is 0. The summed E-state index contributed by atoms with van der Waals surface area (Å²) in [6.07, 6.45) is 0. The van der Waals surface area contributed by atoms with Crippen molar-refractivity contribution in [2.75, 3.05) is 0 Å². The Kier molecular flexibility index (Phi) is 193. The molecule has 52 heavy (non-hydrogen) atoms. The molecule has 48 nitrogen and oxygen atoms in total. The molecule has 52 heteroatoms. The first-order valence-electron chi connectivity index (χ1n) is 6.57. The summed E-state index contributed by atoms with van der Waals surface area (Å²) in [6.45, 7) is 0. The minimum atomic E-state index is -1.75. The van der Waals surface area contributed by atoms with Crippen molar-refractivity contribution in [3.05, 3.63) is 184 Å². The van der Waals surface area contributed by atoms with E-state index in [1.807, 2.05) is 0 Å². The summed E-state index contributed by atoms with van der Waals surface area (Å²) in [4.78, 5) is 99.0. The van der Waals surface area contributed by atoms with E-state index in [0.717, 1.165) is 0 Å². The number of hydrogen-bond donors (Lipinski definition) is 0. The van der Waals surface area contributed by atoms with Gasteiger partial charge in [0.15, 0.2) is 0 Å². The molecule has 0 spiro atoms. The van der Waals surface area contributed by atoms with Crippen molar-refractivity contribution >= 4 is 17.4 Å². The van der Waals surface area contributed by atoms with Gasteiger partial charge in [-0.2, -0.15) is 0 Å². The van der Waals surface area contributed by atoms with Gasteiger partial charge in [-0.3, -0.25) is 0 Å². The Morgan fingerprint density at radius 2 is 0.192 bits per heavy atom. The van der Waals surface area contributed by atoms with Crippen LogP contribution >= 0.6 is 0 Å². The molecule has 0 aliphatic carbocycles. The van der Waals surface area contributed by atoms with Gasteiger partial charge in [0.05, 0.1) is 61.0 Å². The minimum absolute atomic E-state index is 0. The second-order valence-corrected chi connectivity index (χ2v) is 2.68. The third kappa shape index (κ3) is 3090. The second kappa shape index (κ2) is 96.9. The van der Waals surface area contributed by atoms with E-state index in [0.29, 0.717) is 0 Å². The first-order chi connectivity index (χ1) is 20.8. The van der Waals surface area contributed by atoms with Crippen molar-refractivity contribution in [2.24, 2.45) is 0 Å². The zero-order chi connectivity index (χ0) is 42.9. The van der Waals surface area contributed by atoms with E-state index >= 15 is 0 Å². The van der Waals surface area contributed by atoms with Crippen LogP contribution in [0.1, 0.15) is 0 Å². The minimum Gasteiger partial charge on any atom is -0.356 e. The van der Waals surface area contributed by atoms with Gasteiger partial charge in [0.25, 0.3) is 0 Å². The molecule has 0 aromatic carbocycles. The van der Waals surface area contributed by atoms with Gasteiger partial charge >= 0.3 is 132 Å². The molecule has 0 aromatic rings. The Bertz CT molecular complexity index is 602. The zero-order valence-electron chi connectivity index (χ0n) is 22.1. The van der Waals surface area contributed by atoms with Gasteiger partial charge in [-0.05, 0) is 0 Å². The summed E-state index contributed by atoms with van der Waals surface area (Å²) >= 11 is 0. The van der Waals surface area contributed by atoms with Crippen molar-refractivity contribution < 1.29 is 175 Å². The van der Waals surface area contributed by atoms with Crippen LogP contribution < -0.4 is 0 Å². The third-order valence-corrected chi connectivity index (χ3v) is 0. The molecule has 294 valence electrons. The van der Waals surface area contributed by atoms with Crippen LogP contribution in [-0.4, -0.2) is 78.4 Å². The van der Waals surface area contributed by atoms with Crippen molar-refractivity contribution in [3.8, 4) is 0 Å². The van der Waals surface area contributed by atoms with E-state index < -0.39 is 61.0 Å². The average Bonchev–Trinajstić information content (AvgIpc) is 2.61. The molecule has 0 heterocycles. The third-order valence-electron chi connectivity index (χ3n) is 0. The van der Waals surface area contributed by atoms with E-state index in [-0.39, 0.29) is 132 Å². The molecule has 0 rings (SSSR count). The van der Waals surface area contributed by atoms with Crippen molar-refractivity contribution in [1.29, 1.82) is 0 Å². The molecule has 0 fully saturated rings. The molecular weight excluding hydrogens is 1160 g/mol. The average molecular weight is 1160 g/mol. The summed E-state index contributed by atoms with van der Waals surface area (Å²) in [5.74, 6) is 0. The Morgan fingerprint density at radius 1 is 0.192 bits per heavy atom. The monoisotopic (exact) mass is 1160 g/mol. The predicted octanol–water partition coefficient (Wildman–Crippen LogP) is -3.25. The van der Waals surface area contributed by atoms with Gasteiger partial charge < -0.3 is 184 Å². The topological polar surface area (TPSA) is 794 Å². The maximum Gasteiger partial charge on any atom is 3.00 e. The van der Waals surface area contributed by atoms with E-state index in [1.54, 1.807) is 0 Å². The van der Waals surface area contributed by atoms with Crippen LogP contribution in [0.25, 0.3) is 0 Å². The molecule has 0 unspecified atom stereocenters. The molecule has 0 aliphatic rings. The van der Waals surface area contributed by atoms with Crippen LogP contribution in [0.5, 0.6) is 0 Å². The SMILES string of the molecule is O=[N+]([O-])[O-].O=[N+]([O-])[O-].O=[N+]([O-])[O-].O=[N+]([O-])[O-].O=[N+]([O-])[O-].O=[N+]([O-])[O-].O=[N+]([O-])[O-].O=[N+]([O-])[O-].O=[N+]([O-])[O-].O=[N+]([O-])[O-].O=[N+]([O-])[O-].O=[N+]([O-])[O-].[Al+3].[Ce+3].[Gd+3].[Y+3]. The van der Waals surface area contributed by atoms with Gasteiger partial charge in [-0.1, -0.05) is 0 Å². The van der Waals surface area contributed by atoms with Crippen molar-refractivity contribution in [2.45, 2.75) is 0 Å². The summed E-state index contributed by atoms with van der Waals surface area (Å²) in [6, 6.07) is 0. The summed E-state index contributed by atoms with van der Waals surface area (Å²) in [5.41, 5.74) is 0. The van der Waals surface area contributed by atoms with Crippen LogP contribution in [-0.2, 0) is 32.7 Å². The molecule has 0 atom stereocenters. The fraction of sp³-hybridized carbons (Fsp3) is 0. The van der Waals surface area contributed by atoms with E-state index in [1.165, 1.54) is 0 Å². The number of nitrogens with zero attached hydrogens (tertiary/aromatic N) is 12. The van der Waals surface area contributed by atoms with Crippen LogP contribution in [0.15, 0.2) is 0 Å².